The van der Waals surface area contributed by atoms with Gasteiger partial charge in [-0.2, -0.15) is 0 Å². The van der Waals surface area contributed by atoms with Gasteiger partial charge in [0.15, 0.2) is 0 Å². The Bertz CT molecular complexity index is 324. The summed E-state index contributed by atoms with van der Waals surface area (Å²) in [5.74, 6) is 2.80. The van der Waals surface area contributed by atoms with Crippen LogP contribution >= 0.6 is 0 Å². The van der Waals surface area contributed by atoms with E-state index in [1.165, 1.54) is 38.5 Å². The van der Waals surface area contributed by atoms with Gasteiger partial charge >= 0.3 is 0 Å². The lowest BCUT2D eigenvalue weighted by atomic mass is 9.96. The van der Waals surface area contributed by atoms with Gasteiger partial charge in [0.25, 0.3) is 0 Å². The molecule has 1 aromatic heterocycles. The maximum atomic E-state index is 4.26. The van der Waals surface area contributed by atoms with Gasteiger partial charge in [0.05, 0.1) is 0 Å². The molecule has 0 aromatic carbocycles. The van der Waals surface area contributed by atoms with Crippen LogP contribution in [0, 0.1) is 5.92 Å². The van der Waals surface area contributed by atoms with Gasteiger partial charge in [-0.3, -0.25) is 0 Å². The van der Waals surface area contributed by atoms with Crippen LogP contribution in [0.2, 0.25) is 0 Å². The molecule has 0 aliphatic heterocycles. The van der Waals surface area contributed by atoms with Crippen LogP contribution < -0.4 is 5.32 Å². The molecular weight excluding hydrogens is 200 g/mol. The fraction of sp³-hybridized carbons (Fsp3) is 0.833. The van der Waals surface area contributed by atoms with Crippen molar-refractivity contribution in [3.8, 4) is 0 Å². The Balaban J connectivity index is 1.99. The van der Waals surface area contributed by atoms with Crippen LogP contribution in [0.4, 0.5) is 5.95 Å². The van der Waals surface area contributed by atoms with Crippen LogP contribution in [-0.2, 0) is 13.5 Å². The van der Waals surface area contributed by atoms with Gasteiger partial charge in [-0.15, -0.1) is 10.2 Å². The van der Waals surface area contributed by atoms with Crippen LogP contribution in [0.5, 0.6) is 0 Å². The van der Waals surface area contributed by atoms with Crippen LogP contribution in [0.3, 0.4) is 0 Å². The first-order valence-electron chi connectivity index (χ1n) is 6.37. The Labute approximate surface area is 97.5 Å². The van der Waals surface area contributed by atoms with Crippen molar-refractivity contribution in [3.05, 3.63) is 5.82 Å². The lowest BCUT2D eigenvalue weighted by molar-refractivity contribution is 0.442. The highest BCUT2D eigenvalue weighted by Crippen LogP contribution is 2.25. The van der Waals surface area contributed by atoms with E-state index in [1.807, 2.05) is 14.1 Å². The highest BCUT2D eigenvalue weighted by atomic mass is 15.3. The average molecular weight is 222 g/mol. The molecule has 1 saturated carbocycles. The third-order valence-electron chi connectivity index (χ3n) is 3.63. The fourth-order valence-electron chi connectivity index (χ4n) is 2.58. The minimum absolute atomic E-state index is 0.815. The van der Waals surface area contributed by atoms with E-state index in [0.29, 0.717) is 0 Å². The summed E-state index contributed by atoms with van der Waals surface area (Å²) in [7, 11) is 3.93. The van der Waals surface area contributed by atoms with Gasteiger partial charge in [0, 0.05) is 20.5 Å². The molecule has 4 nitrogen and oxygen atoms in total. The molecule has 0 spiro atoms. The second-order valence-corrected chi connectivity index (χ2v) is 4.81. The zero-order valence-electron chi connectivity index (χ0n) is 10.4. The minimum Gasteiger partial charge on any atom is -0.357 e. The molecule has 0 radical (unpaired) electrons. The molecule has 90 valence electrons. The molecule has 0 bridgehead atoms. The molecule has 0 atom stereocenters. The number of aromatic nitrogens is 3. The van der Waals surface area contributed by atoms with Crippen molar-refractivity contribution in [2.24, 2.45) is 13.0 Å². The number of anilines is 1. The van der Waals surface area contributed by atoms with Crippen LogP contribution in [-0.4, -0.2) is 21.8 Å². The van der Waals surface area contributed by atoms with Crippen LogP contribution in [0.25, 0.3) is 0 Å². The molecule has 16 heavy (non-hydrogen) atoms. The van der Waals surface area contributed by atoms with Gasteiger partial charge in [0.1, 0.15) is 5.82 Å². The van der Waals surface area contributed by atoms with Crippen molar-refractivity contribution in [2.45, 2.75) is 44.9 Å². The summed E-state index contributed by atoms with van der Waals surface area (Å²) in [6, 6.07) is 0. The van der Waals surface area contributed by atoms with E-state index in [1.54, 1.807) is 0 Å². The quantitative estimate of drug-likeness (QED) is 0.798. The Hall–Kier alpha value is -1.06. The van der Waals surface area contributed by atoms with E-state index in [2.05, 4.69) is 20.1 Å². The molecule has 0 unspecified atom stereocenters. The molecule has 1 aliphatic carbocycles. The van der Waals surface area contributed by atoms with E-state index >= 15 is 0 Å². The fourth-order valence-corrected chi connectivity index (χ4v) is 2.58. The van der Waals surface area contributed by atoms with Crippen LogP contribution in [0.15, 0.2) is 0 Å². The molecular formula is C12H22N4. The summed E-state index contributed by atoms with van der Waals surface area (Å²) < 4.78 is 2.07. The number of nitrogens with one attached hydrogen (secondary N) is 1. The van der Waals surface area contributed by atoms with Crippen molar-refractivity contribution >= 4 is 5.95 Å². The smallest absolute Gasteiger partial charge is 0.224 e. The molecule has 1 aromatic rings. The standard InChI is InChI=1S/C12H22N4/c1-13-12-15-14-11(16(12)2)9-10-7-5-3-4-6-8-10/h10H,3-9H2,1-2H3,(H,13,15). The summed E-state index contributed by atoms with van der Waals surface area (Å²) in [4.78, 5) is 0. The maximum absolute atomic E-state index is 4.26. The number of rotatable bonds is 3. The molecule has 0 saturated heterocycles. The van der Waals surface area contributed by atoms with Gasteiger partial charge in [-0.25, -0.2) is 0 Å². The van der Waals surface area contributed by atoms with Crippen molar-refractivity contribution in [1.29, 1.82) is 0 Å². The molecule has 1 aliphatic rings. The number of hydrogen-bond donors (Lipinski definition) is 1. The normalized spacial score (nSPS) is 18.4. The summed E-state index contributed by atoms with van der Waals surface area (Å²) in [6.45, 7) is 0. The number of nitrogens with zero attached hydrogens (tertiary/aromatic N) is 3. The van der Waals surface area contributed by atoms with Crippen molar-refractivity contribution < 1.29 is 0 Å². The molecule has 0 amide bonds. The molecule has 2 rings (SSSR count). The van der Waals surface area contributed by atoms with E-state index in [-0.39, 0.29) is 0 Å². The van der Waals surface area contributed by atoms with E-state index in [4.69, 9.17) is 0 Å². The van der Waals surface area contributed by atoms with Crippen molar-refractivity contribution in [2.75, 3.05) is 12.4 Å². The Morgan fingerprint density at radius 3 is 2.44 bits per heavy atom. The summed E-state index contributed by atoms with van der Waals surface area (Å²) >= 11 is 0. The van der Waals surface area contributed by atoms with Gasteiger partial charge in [-0.05, 0) is 5.92 Å². The first-order valence-corrected chi connectivity index (χ1v) is 6.37. The summed E-state index contributed by atoms with van der Waals surface area (Å²) in [6.07, 6.45) is 9.42. The first kappa shape index (κ1) is 11.4. The SMILES string of the molecule is CNc1nnc(CC2CCCCCC2)n1C. The van der Waals surface area contributed by atoms with E-state index < -0.39 is 0 Å². The third kappa shape index (κ3) is 2.54. The molecule has 1 fully saturated rings. The minimum atomic E-state index is 0.815. The highest BCUT2D eigenvalue weighted by Gasteiger charge is 2.16. The van der Waals surface area contributed by atoms with Crippen LogP contribution in [0.1, 0.15) is 44.3 Å². The second kappa shape index (κ2) is 5.32. The molecule has 4 heteroatoms. The first-order chi connectivity index (χ1) is 7.81. The predicted molar refractivity (Wildman–Crippen MR) is 65.4 cm³/mol. The maximum Gasteiger partial charge on any atom is 0.224 e. The highest BCUT2D eigenvalue weighted by molar-refractivity contribution is 5.23. The Morgan fingerprint density at radius 1 is 1.19 bits per heavy atom. The second-order valence-electron chi connectivity index (χ2n) is 4.81. The molecule has 1 N–H and O–H groups in total. The zero-order chi connectivity index (χ0) is 11.4. The lowest BCUT2D eigenvalue weighted by Crippen LogP contribution is -2.09. The van der Waals surface area contributed by atoms with E-state index in [0.717, 1.165) is 24.1 Å². The van der Waals surface area contributed by atoms with Gasteiger partial charge < -0.3 is 9.88 Å². The van der Waals surface area contributed by atoms with Gasteiger partial charge in [-0.1, -0.05) is 38.5 Å². The molecule has 1 heterocycles. The topological polar surface area (TPSA) is 42.7 Å². The summed E-state index contributed by atoms with van der Waals surface area (Å²) in [5.41, 5.74) is 0. The third-order valence-corrected chi connectivity index (χ3v) is 3.63. The Morgan fingerprint density at radius 2 is 1.88 bits per heavy atom. The zero-order valence-corrected chi connectivity index (χ0v) is 10.4. The van der Waals surface area contributed by atoms with Crippen molar-refractivity contribution in [1.82, 2.24) is 14.8 Å². The Kier molecular flexibility index (Phi) is 3.80. The lowest BCUT2D eigenvalue weighted by Gasteiger charge is -2.12. The number of hydrogen-bond acceptors (Lipinski definition) is 3. The van der Waals surface area contributed by atoms with Gasteiger partial charge in [0.2, 0.25) is 5.95 Å². The van der Waals surface area contributed by atoms with E-state index in [9.17, 15) is 0 Å². The predicted octanol–water partition coefficient (Wildman–Crippen LogP) is 2.37. The summed E-state index contributed by atoms with van der Waals surface area (Å²) in [5, 5.41) is 11.4. The average Bonchev–Trinajstić information content (AvgIpc) is 2.52. The monoisotopic (exact) mass is 222 g/mol. The largest absolute Gasteiger partial charge is 0.357 e. The van der Waals surface area contributed by atoms with Crippen molar-refractivity contribution in [3.63, 3.8) is 0 Å².